The van der Waals surface area contributed by atoms with Crippen molar-refractivity contribution < 1.29 is 4.79 Å². The highest BCUT2D eigenvalue weighted by molar-refractivity contribution is 7.18. The molecule has 1 amide bonds. The fourth-order valence-electron chi connectivity index (χ4n) is 2.81. The number of amides is 1. The van der Waals surface area contributed by atoms with Crippen LogP contribution < -0.4 is 16.0 Å². The molecule has 1 aromatic heterocycles. The Labute approximate surface area is 124 Å². The molecule has 20 heavy (non-hydrogen) atoms. The van der Waals surface area contributed by atoms with Crippen LogP contribution >= 0.6 is 11.3 Å². The van der Waals surface area contributed by atoms with Gasteiger partial charge in [0.25, 0.3) is 5.91 Å². The molecule has 5 heteroatoms. The number of carbonyl (C=O) groups is 1. The van der Waals surface area contributed by atoms with Crippen LogP contribution in [0.1, 0.15) is 29.9 Å². The molecule has 1 fully saturated rings. The largest absolute Gasteiger partial charge is 0.397 e. The molecule has 0 spiro atoms. The third-order valence-electron chi connectivity index (χ3n) is 3.54. The number of nitrogens with one attached hydrogen (secondary N) is 1. The molecular weight excluding hydrogens is 270 g/mol. The van der Waals surface area contributed by atoms with Gasteiger partial charge >= 0.3 is 0 Å². The molecule has 1 aliphatic rings. The van der Waals surface area contributed by atoms with Gasteiger partial charge in [0.1, 0.15) is 4.88 Å². The van der Waals surface area contributed by atoms with Crippen LogP contribution in [0.15, 0.2) is 18.7 Å². The summed E-state index contributed by atoms with van der Waals surface area (Å²) in [4.78, 5) is 15.0. The van der Waals surface area contributed by atoms with E-state index in [9.17, 15) is 4.79 Å². The number of carbonyl (C=O) groups excluding carboxylic acids is 1. The van der Waals surface area contributed by atoms with Crippen molar-refractivity contribution in [2.45, 2.75) is 20.3 Å². The number of hydrogen-bond acceptors (Lipinski definition) is 4. The van der Waals surface area contributed by atoms with E-state index >= 15 is 0 Å². The second-order valence-corrected chi connectivity index (χ2v) is 6.75. The Morgan fingerprint density at radius 3 is 2.80 bits per heavy atom. The van der Waals surface area contributed by atoms with Crippen molar-refractivity contribution in [3.63, 3.8) is 0 Å². The Hall–Kier alpha value is -1.49. The Kier molecular flexibility index (Phi) is 4.70. The van der Waals surface area contributed by atoms with Gasteiger partial charge in [-0.3, -0.25) is 4.79 Å². The average Bonchev–Trinajstić information content (AvgIpc) is 2.77. The predicted molar refractivity (Wildman–Crippen MR) is 86.4 cm³/mol. The van der Waals surface area contributed by atoms with Gasteiger partial charge in [-0.05, 0) is 24.3 Å². The first-order valence-electron chi connectivity index (χ1n) is 7.04. The van der Waals surface area contributed by atoms with Crippen LogP contribution in [0.3, 0.4) is 0 Å². The van der Waals surface area contributed by atoms with Crippen LogP contribution in [0.2, 0.25) is 0 Å². The Bertz CT molecular complexity index is 487. The normalized spacial score (nSPS) is 22.6. The zero-order valence-electron chi connectivity index (χ0n) is 12.2. The standard InChI is InChI=1S/C15H23N3OS/c1-4-5-17-15(19)14-12(16)7-13(20-14)18-8-10(2)6-11(3)9-18/h4,7,10-11H,1,5-6,8-9,16H2,2-3H3,(H,17,19). The molecule has 0 aliphatic carbocycles. The lowest BCUT2D eigenvalue weighted by atomic mass is 9.92. The van der Waals surface area contributed by atoms with Gasteiger partial charge in [0.15, 0.2) is 0 Å². The van der Waals surface area contributed by atoms with Crippen LogP contribution in [0.4, 0.5) is 10.7 Å². The van der Waals surface area contributed by atoms with Gasteiger partial charge in [0, 0.05) is 19.6 Å². The first-order valence-corrected chi connectivity index (χ1v) is 7.86. The van der Waals surface area contributed by atoms with Crippen molar-refractivity contribution in [3.05, 3.63) is 23.6 Å². The van der Waals surface area contributed by atoms with Crippen molar-refractivity contribution in [1.29, 1.82) is 0 Å². The molecule has 0 bridgehead atoms. The molecule has 2 atom stereocenters. The van der Waals surface area contributed by atoms with E-state index in [2.05, 4.69) is 30.6 Å². The van der Waals surface area contributed by atoms with Crippen molar-refractivity contribution in [3.8, 4) is 0 Å². The van der Waals surface area contributed by atoms with Crippen molar-refractivity contribution in [2.24, 2.45) is 11.8 Å². The second kappa shape index (κ2) is 6.31. The first-order chi connectivity index (χ1) is 9.51. The molecule has 110 valence electrons. The minimum Gasteiger partial charge on any atom is -0.397 e. The van der Waals surface area contributed by atoms with E-state index < -0.39 is 0 Å². The predicted octanol–water partition coefficient (Wildman–Crippen LogP) is 2.73. The van der Waals surface area contributed by atoms with E-state index in [4.69, 9.17) is 5.73 Å². The molecule has 0 radical (unpaired) electrons. The van der Waals surface area contributed by atoms with Gasteiger partial charge in [-0.1, -0.05) is 19.9 Å². The number of nitrogen functional groups attached to an aromatic ring is 1. The van der Waals surface area contributed by atoms with Crippen molar-refractivity contribution >= 4 is 27.9 Å². The average molecular weight is 293 g/mol. The fourth-order valence-corrected chi connectivity index (χ4v) is 3.83. The third-order valence-corrected chi connectivity index (χ3v) is 4.75. The molecule has 2 unspecified atom stereocenters. The Balaban J connectivity index is 2.14. The highest BCUT2D eigenvalue weighted by atomic mass is 32.1. The Morgan fingerprint density at radius 1 is 1.55 bits per heavy atom. The van der Waals surface area contributed by atoms with Crippen LogP contribution in [-0.4, -0.2) is 25.5 Å². The summed E-state index contributed by atoms with van der Waals surface area (Å²) in [6, 6.07) is 1.93. The van der Waals surface area contributed by atoms with Gasteiger partial charge in [-0.25, -0.2) is 0 Å². The highest BCUT2D eigenvalue weighted by Gasteiger charge is 2.24. The number of rotatable bonds is 4. The summed E-state index contributed by atoms with van der Waals surface area (Å²) in [6.07, 6.45) is 2.93. The van der Waals surface area contributed by atoms with Crippen LogP contribution in [0, 0.1) is 11.8 Å². The maximum atomic E-state index is 12.0. The molecule has 2 rings (SSSR count). The number of nitrogens with two attached hydrogens (primary N) is 1. The zero-order chi connectivity index (χ0) is 14.7. The highest BCUT2D eigenvalue weighted by Crippen LogP contribution is 2.35. The molecule has 1 saturated heterocycles. The van der Waals surface area contributed by atoms with E-state index in [0.717, 1.165) is 18.1 Å². The van der Waals surface area contributed by atoms with Gasteiger partial charge in [0.2, 0.25) is 0 Å². The van der Waals surface area contributed by atoms with E-state index in [1.54, 1.807) is 6.08 Å². The molecule has 4 nitrogen and oxygen atoms in total. The molecule has 3 N–H and O–H groups in total. The maximum Gasteiger partial charge on any atom is 0.263 e. The Morgan fingerprint density at radius 2 is 2.20 bits per heavy atom. The number of thiophene rings is 1. The molecule has 2 heterocycles. The summed E-state index contributed by atoms with van der Waals surface area (Å²) in [6.45, 7) is 10.7. The van der Waals surface area contributed by atoms with E-state index in [0.29, 0.717) is 28.9 Å². The van der Waals surface area contributed by atoms with Crippen LogP contribution in [0.25, 0.3) is 0 Å². The summed E-state index contributed by atoms with van der Waals surface area (Å²) < 4.78 is 0. The van der Waals surface area contributed by atoms with Gasteiger partial charge in [0.05, 0.1) is 10.7 Å². The van der Waals surface area contributed by atoms with E-state index in [-0.39, 0.29) is 5.91 Å². The molecule has 1 aliphatic heterocycles. The molecule has 0 saturated carbocycles. The lowest BCUT2D eigenvalue weighted by molar-refractivity contribution is 0.0963. The summed E-state index contributed by atoms with van der Waals surface area (Å²) in [7, 11) is 0. The topological polar surface area (TPSA) is 58.4 Å². The lowest BCUT2D eigenvalue weighted by Crippen LogP contribution is -2.38. The second-order valence-electron chi connectivity index (χ2n) is 5.72. The van der Waals surface area contributed by atoms with Gasteiger partial charge in [-0.2, -0.15) is 0 Å². The lowest BCUT2D eigenvalue weighted by Gasteiger charge is -2.35. The SMILES string of the molecule is C=CCNC(=O)c1sc(N2CC(C)CC(C)C2)cc1N. The van der Waals surface area contributed by atoms with Crippen LogP contribution in [0.5, 0.6) is 0 Å². The van der Waals surface area contributed by atoms with Gasteiger partial charge < -0.3 is 16.0 Å². The fraction of sp³-hybridized carbons (Fsp3) is 0.533. The zero-order valence-corrected chi connectivity index (χ0v) is 13.0. The van der Waals surface area contributed by atoms with E-state index in [1.165, 1.54) is 17.8 Å². The minimum atomic E-state index is -0.114. The monoisotopic (exact) mass is 293 g/mol. The number of piperidine rings is 1. The summed E-state index contributed by atoms with van der Waals surface area (Å²) in [5, 5.41) is 3.88. The maximum absolute atomic E-state index is 12.0. The van der Waals surface area contributed by atoms with Gasteiger partial charge in [-0.15, -0.1) is 17.9 Å². The first kappa shape index (κ1) is 14.9. The smallest absolute Gasteiger partial charge is 0.263 e. The van der Waals surface area contributed by atoms with Crippen LogP contribution in [-0.2, 0) is 0 Å². The van der Waals surface area contributed by atoms with Crippen molar-refractivity contribution in [2.75, 3.05) is 30.3 Å². The number of nitrogens with zero attached hydrogens (tertiary/aromatic N) is 1. The summed E-state index contributed by atoms with van der Waals surface area (Å²) >= 11 is 1.48. The van der Waals surface area contributed by atoms with Crippen molar-refractivity contribution in [1.82, 2.24) is 5.32 Å². The minimum absolute atomic E-state index is 0.114. The quantitative estimate of drug-likeness (QED) is 0.839. The molecule has 0 aromatic carbocycles. The van der Waals surface area contributed by atoms with E-state index in [1.807, 2.05) is 6.07 Å². The number of anilines is 2. The summed E-state index contributed by atoms with van der Waals surface area (Å²) in [5.41, 5.74) is 6.55. The summed E-state index contributed by atoms with van der Waals surface area (Å²) in [5.74, 6) is 1.25. The molecule has 1 aromatic rings. The number of hydrogen-bond donors (Lipinski definition) is 2. The third kappa shape index (κ3) is 3.33. The molecular formula is C15H23N3OS.